The molecule has 0 aromatic heterocycles. The van der Waals surface area contributed by atoms with Crippen LogP contribution in [0.3, 0.4) is 0 Å². The van der Waals surface area contributed by atoms with E-state index in [0.717, 1.165) is 0 Å². The van der Waals surface area contributed by atoms with Crippen LogP contribution < -0.4 is 5.32 Å². The minimum absolute atomic E-state index is 0.649. The van der Waals surface area contributed by atoms with Gasteiger partial charge in [-0.2, -0.15) is 0 Å². The molecule has 0 fully saturated rings. The van der Waals surface area contributed by atoms with Crippen LogP contribution in [-0.4, -0.2) is 36.6 Å². The van der Waals surface area contributed by atoms with Crippen LogP contribution in [-0.2, 0) is 0 Å². The first kappa shape index (κ1) is 13.9. The monoisotopic (exact) mass is 200 g/mol. The molecule has 0 heterocycles. The molecule has 0 saturated carbocycles. The van der Waals surface area contributed by atoms with E-state index in [9.17, 15) is 0 Å². The highest BCUT2D eigenvalue weighted by Crippen LogP contribution is 2.07. The fourth-order valence-corrected chi connectivity index (χ4v) is 1.84. The van der Waals surface area contributed by atoms with Gasteiger partial charge >= 0.3 is 0 Å². The Hall–Kier alpha value is -0.0800. The van der Waals surface area contributed by atoms with Crippen LogP contribution in [0.25, 0.3) is 0 Å². The fraction of sp³-hybridized carbons (Fsp3) is 1.00. The van der Waals surface area contributed by atoms with Crippen molar-refractivity contribution in [3.05, 3.63) is 0 Å². The Morgan fingerprint density at radius 2 is 1.50 bits per heavy atom. The van der Waals surface area contributed by atoms with Gasteiger partial charge in [-0.15, -0.1) is 0 Å². The molecule has 2 heteroatoms. The van der Waals surface area contributed by atoms with Gasteiger partial charge in [0, 0.05) is 18.1 Å². The van der Waals surface area contributed by atoms with Crippen LogP contribution in [0.5, 0.6) is 0 Å². The van der Waals surface area contributed by atoms with Crippen molar-refractivity contribution in [2.45, 2.75) is 65.6 Å². The lowest BCUT2D eigenvalue weighted by Gasteiger charge is -2.30. The Bertz CT molecular complexity index is 124. The minimum atomic E-state index is 0.649. The van der Waals surface area contributed by atoms with Crippen molar-refractivity contribution in [1.29, 1.82) is 0 Å². The molecule has 0 radical (unpaired) electrons. The van der Waals surface area contributed by atoms with Gasteiger partial charge in [-0.05, 0) is 61.1 Å². The maximum atomic E-state index is 3.28. The van der Waals surface area contributed by atoms with E-state index >= 15 is 0 Å². The zero-order chi connectivity index (χ0) is 11.1. The normalized spacial score (nSPS) is 14.4. The second-order valence-electron chi connectivity index (χ2n) is 4.76. The van der Waals surface area contributed by atoms with Crippen molar-refractivity contribution >= 4 is 0 Å². The predicted molar refractivity (Wildman–Crippen MR) is 64.7 cm³/mol. The van der Waals surface area contributed by atoms with E-state index in [1.165, 1.54) is 19.4 Å². The summed E-state index contributed by atoms with van der Waals surface area (Å²) in [4.78, 5) is 2.56. The minimum Gasteiger partial charge on any atom is -0.317 e. The first-order valence-corrected chi connectivity index (χ1v) is 5.92. The molecule has 2 nitrogen and oxygen atoms in total. The standard InChI is InChI=1S/C12H28N2/c1-10(2)14(11(3)4)9-7-8-12(5)13-6/h10-13H,7-9H2,1-6H3. The lowest BCUT2D eigenvalue weighted by atomic mass is 10.1. The molecule has 14 heavy (non-hydrogen) atoms. The molecule has 86 valence electrons. The summed E-state index contributed by atoms with van der Waals surface area (Å²) in [6.07, 6.45) is 2.56. The lowest BCUT2D eigenvalue weighted by Crippen LogP contribution is -2.38. The van der Waals surface area contributed by atoms with Crippen LogP contribution in [0.2, 0.25) is 0 Å². The summed E-state index contributed by atoms with van der Waals surface area (Å²) in [6.45, 7) is 12.6. The molecule has 0 aromatic carbocycles. The van der Waals surface area contributed by atoms with Crippen LogP contribution in [0.1, 0.15) is 47.5 Å². The third-order valence-electron chi connectivity index (χ3n) is 2.87. The fourth-order valence-electron chi connectivity index (χ4n) is 1.84. The number of hydrogen-bond donors (Lipinski definition) is 1. The van der Waals surface area contributed by atoms with E-state index in [0.29, 0.717) is 18.1 Å². The van der Waals surface area contributed by atoms with E-state index in [4.69, 9.17) is 0 Å². The topological polar surface area (TPSA) is 15.3 Å². The largest absolute Gasteiger partial charge is 0.317 e. The molecule has 0 rings (SSSR count). The molecule has 1 unspecified atom stereocenters. The van der Waals surface area contributed by atoms with Crippen molar-refractivity contribution in [3.8, 4) is 0 Å². The van der Waals surface area contributed by atoms with Gasteiger partial charge in [-0.1, -0.05) is 0 Å². The average Bonchev–Trinajstić information content (AvgIpc) is 2.10. The SMILES string of the molecule is CNC(C)CCCN(C(C)C)C(C)C. The quantitative estimate of drug-likeness (QED) is 0.679. The number of nitrogens with zero attached hydrogens (tertiary/aromatic N) is 1. The molecule has 0 aromatic rings. The summed E-state index contributed by atoms with van der Waals surface area (Å²) in [6, 6.07) is 1.98. The Labute approximate surface area is 90.1 Å². The molecule has 0 saturated heterocycles. The Morgan fingerprint density at radius 3 is 1.86 bits per heavy atom. The smallest absolute Gasteiger partial charge is 0.00412 e. The highest BCUT2D eigenvalue weighted by Gasteiger charge is 2.12. The summed E-state index contributed by atoms with van der Waals surface area (Å²) in [7, 11) is 2.04. The number of hydrogen-bond acceptors (Lipinski definition) is 2. The number of nitrogens with one attached hydrogen (secondary N) is 1. The molecular formula is C12H28N2. The second kappa shape index (κ2) is 7.24. The molecule has 1 N–H and O–H groups in total. The molecule has 0 amide bonds. The lowest BCUT2D eigenvalue weighted by molar-refractivity contribution is 0.170. The van der Waals surface area contributed by atoms with Gasteiger partial charge in [0.1, 0.15) is 0 Å². The van der Waals surface area contributed by atoms with E-state index < -0.39 is 0 Å². The van der Waals surface area contributed by atoms with Crippen LogP contribution in [0.15, 0.2) is 0 Å². The van der Waals surface area contributed by atoms with E-state index in [1.807, 2.05) is 7.05 Å². The van der Waals surface area contributed by atoms with Crippen molar-refractivity contribution in [1.82, 2.24) is 10.2 Å². The first-order valence-electron chi connectivity index (χ1n) is 5.92. The van der Waals surface area contributed by atoms with E-state index in [-0.39, 0.29) is 0 Å². The maximum Gasteiger partial charge on any atom is 0.00412 e. The second-order valence-corrected chi connectivity index (χ2v) is 4.76. The maximum absolute atomic E-state index is 3.28. The van der Waals surface area contributed by atoms with Gasteiger partial charge < -0.3 is 5.32 Å². The van der Waals surface area contributed by atoms with Crippen molar-refractivity contribution in [3.63, 3.8) is 0 Å². The molecule has 1 atom stereocenters. The Balaban J connectivity index is 3.72. The van der Waals surface area contributed by atoms with Crippen molar-refractivity contribution in [2.75, 3.05) is 13.6 Å². The van der Waals surface area contributed by atoms with Crippen LogP contribution >= 0.6 is 0 Å². The predicted octanol–water partition coefficient (Wildman–Crippen LogP) is 2.49. The average molecular weight is 200 g/mol. The molecule has 0 aliphatic rings. The molecular weight excluding hydrogens is 172 g/mol. The van der Waals surface area contributed by atoms with E-state index in [1.54, 1.807) is 0 Å². The highest BCUT2D eigenvalue weighted by molar-refractivity contribution is 4.68. The van der Waals surface area contributed by atoms with Crippen molar-refractivity contribution in [2.24, 2.45) is 0 Å². The van der Waals surface area contributed by atoms with Gasteiger partial charge in [0.05, 0.1) is 0 Å². The van der Waals surface area contributed by atoms with Gasteiger partial charge in [0.15, 0.2) is 0 Å². The van der Waals surface area contributed by atoms with E-state index in [2.05, 4.69) is 44.8 Å². The molecule has 0 spiro atoms. The zero-order valence-electron chi connectivity index (χ0n) is 10.8. The van der Waals surface area contributed by atoms with Crippen LogP contribution in [0, 0.1) is 0 Å². The third-order valence-corrected chi connectivity index (χ3v) is 2.87. The van der Waals surface area contributed by atoms with Gasteiger partial charge in [0.25, 0.3) is 0 Å². The summed E-state index contributed by atoms with van der Waals surface area (Å²) in [5.41, 5.74) is 0. The van der Waals surface area contributed by atoms with Crippen molar-refractivity contribution < 1.29 is 0 Å². The molecule has 0 aliphatic heterocycles. The summed E-state index contributed by atoms with van der Waals surface area (Å²) >= 11 is 0. The highest BCUT2D eigenvalue weighted by atomic mass is 15.2. The van der Waals surface area contributed by atoms with Gasteiger partial charge in [0.2, 0.25) is 0 Å². The Kier molecular flexibility index (Phi) is 7.20. The summed E-state index contributed by atoms with van der Waals surface area (Å²) in [5, 5.41) is 3.28. The first-order chi connectivity index (χ1) is 6.49. The summed E-state index contributed by atoms with van der Waals surface area (Å²) < 4.78 is 0. The molecule has 0 aliphatic carbocycles. The summed E-state index contributed by atoms with van der Waals surface area (Å²) in [5.74, 6) is 0. The third kappa shape index (κ3) is 5.61. The number of rotatable bonds is 7. The van der Waals surface area contributed by atoms with Gasteiger partial charge in [-0.3, -0.25) is 4.90 Å². The van der Waals surface area contributed by atoms with Crippen LogP contribution in [0.4, 0.5) is 0 Å². The van der Waals surface area contributed by atoms with Gasteiger partial charge in [-0.25, -0.2) is 0 Å². The Morgan fingerprint density at radius 1 is 1.00 bits per heavy atom. The molecule has 0 bridgehead atoms. The zero-order valence-corrected chi connectivity index (χ0v) is 10.8.